The molecule has 5 nitrogen and oxygen atoms in total. The number of ether oxygens (including phenoxy) is 2. The van der Waals surface area contributed by atoms with Crippen LogP contribution in [0.2, 0.25) is 0 Å². The standard InChI is InChI=1S/C27H25FN2O3/c1-17-24(11-19-9-21(32-2)13-22(10-19)33-3)23-7-6-20(28)12-26(23)25(17)14-27(31)30-16-18-5-4-8-29-15-18/h4-13,15H,14,16H2,1-3H3,(H,30,31)/b24-11-. The number of fused-ring (bicyclic) bond motifs is 1. The molecule has 6 heteroatoms. The third kappa shape index (κ3) is 4.95. The number of hydrogen-bond donors (Lipinski definition) is 1. The van der Waals surface area contributed by atoms with Gasteiger partial charge in [-0.1, -0.05) is 12.1 Å². The van der Waals surface area contributed by atoms with Crippen LogP contribution >= 0.6 is 0 Å². The Hall–Kier alpha value is -3.93. The van der Waals surface area contributed by atoms with Crippen LogP contribution < -0.4 is 14.8 Å². The van der Waals surface area contributed by atoms with Crippen molar-refractivity contribution in [2.45, 2.75) is 19.9 Å². The second kappa shape index (κ2) is 9.69. The van der Waals surface area contributed by atoms with Crippen LogP contribution in [-0.2, 0) is 11.3 Å². The van der Waals surface area contributed by atoms with E-state index in [1.165, 1.54) is 12.1 Å². The topological polar surface area (TPSA) is 60.5 Å². The van der Waals surface area contributed by atoms with Crippen LogP contribution in [0, 0.1) is 5.82 Å². The van der Waals surface area contributed by atoms with Crippen molar-refractivity contribution < 1.29 is 18.7 Å². The third-order valence-corrected chi connectivity index (χ3v) is 5.69. The molecule has 0 radical (unpaired) electrons. The summed E-state index contributed by atoms with van der Waals surface area (Å²) < 4.78 is 24.9. The molecule has 1 aliphatic carbocycles. The summed E-state index contributed by atoms with van der Waals surface area (Å²) in [5, 5.41) is 2.93. The van der Waals surface area contributed by atoms with Crippen LogP contribution in [0.3, 0.4) is 0 Å². The number of aromatic nitrogens is 1. The number of rotatable bonds is 7. The maximum atomic E-state index is 14.1. The Balaban J connectivity index is 1.66. The number of allylic oxidation sites excluding steroid dienone is 2. The Kier molecular flexibility index (Phi) is 6.54. The monoisotopic (exact) mass is 444 g/mol. The van der Waals surface area contributed by atoms with E-state index in [0.717, 1.165) is 39.0 Å². The van der Waals surface area contributed by atoms with Crippen molar-refractivity contribution in [1.29, 1.82) is 0 Å². The molecular formula is C27H25FN2O3. The molecule has 0 fully saturated rings. The molecule has 1 aliphatic rings. The number of nitrogens with zero attached hydrogens (tertiary/aromatic N) is 1. The predicted octanol–water partition coefficient (Wildman–Crippen LogP) is 5.27. The Morgan fingerprint density at radius 2 is 1.82 bits per heavy atom. The minimum Gasteiger partial charge on any atom is -0.497 e. The summed E-state index contributed by atoms with van der Waals surface area (Å²) in [6.07, 6.45) is 5.57. The highest BCUT2D eigenvalue weighted by Crippen LogP contribution is 2.44. The quantitative estimate of drug-likeness (QED) is 0.539. The number of carbonyl (C=O) groups is 1. The predicted molar refractivity (Wildman–Crippen MR) is 127 cm³/mol. The van der Waals surface area contributed by atoms with Crippen LogP contribution in [0.4, 0.5) is 4.39 Å². The minimum atomic E-state index is -0.334. The maximum Gasteiger partial charge on any atom is 0.224 e. The Labute approximate surface area is 192 Å². The number of hydrogen-bond acceptors (Lipinski definition) is 4. The fourth-order valence-corrected chi connectivity index (χ4v) is 3.99. The van der Waals surface area contributed by atoms with E-state index in [0.29, 0.717) is 18.0 Å². The van der Waals surface area contributed by atoms with Gasteiger partial charge < -0.3 is 14.8 Å². The molecule has 0 atom stereocenters. The van der Waals surface area contributed by atoms with Crippen molar-refractivity contribution in [2.24, 2.45) is 0 Å². The number of benzene rings is 2. The van der Waals surface area contributed by atoms with E-state index in [-0.39, 0.29) is 18.1 Å². The van der Waals surface area contributed by atoms with Gasteiger partial charge in [0, 0.05) is 25.0 Å². The van der Waals surface area contributed by atoms with E-state index in [1.54, 1.807) is 38.7 Å². The Morgan fingerprint density at radius 3 is 2.48 bits per heavy atom. The first-order valence-corrected chi connectivity index (χ1v) is 10.6. The van der Waals surface area contributed by atoms with Gasteiger partial charge in [0.15, 0.2) is 0 Å². The lowest BCUT2D eigenvalue weighted by molar-refractivity contribution is -0.120. The average molecular weight is 445 g/mol. The molecule has 0 unspecified atom stereocenters. The minimum absolute atomic E-state index is 0.132. The molecule has 0 bridgehead atoms. The summed E-state index contributed by atoms with van der Waals surface area (Å²) >= 11 is 0. The third-order valence-electron chi connectivity index (χ3n) is 5.69. The smallest absolute Gasteiger partial charge is 0.224 e. The van der Waals surface area contributed by atoms with E-state index in [9.17, 15) is 9.18 Å². The van der Waals surface area contributed by atoms with Crippen LogP contribution in [0.15, 0.2) is 66.5 Å². The number of carbonyl (C=O) groups excluding carboxylic acids is 1. The van der Waals surface area contributed by atoms with Gasteiger partial charge in [-0.15, -0.1) is 0 Å². The first-order chi connectivity index (χ1) is 16.0. The number of amides is 1. The van der Waals surface area contributed by atoms with Gasteiger partial charge in [0.2, 0.25) is 5.91 Å². The molecule has 0 spiro atoms. The highest BCUT2D eigenvalue weighted by atomic mass is 19.1. The molecule has 4 rings (SSSR count). The van der Waals surface area contributed by atoms with Crippen LogP contribution in [0.25, 0.3) is 17.2 Å². The second-order valence-corrected chi connectivity index (χ2v) is 7.81. The highest BCUT2D eigenvalue weighted by Gasteiger charge is 2.26. The van der Waals surface area contributed by atoms with Gasteiger partial charge >= 0.3 is 0 Å². The van der Waals surface area contributed by atoms with Crippen LogP contribution in [-0.4, -0.2) is 25.1 Å². The molecule has 2 aromatic carbocycles. The van der Waals surface area contributed by atoms with Crippen molar-refractivity contribution in [1.82, 2.24) is 10.3 Å². The molecule has 0 aliphatic heterocycles. The molecule has 1 N–H and O–H groups in total. The van der Waals surface area contributed by atoms with Gasteiger partial charge in [-0.25, -0.2) is 4.39 Å². The fourth-order valence-electron chi connectivity index (χ4n) is 3.99. The van der Waals surface area contributed by atoms with Crippen molar-refractivity contribution in [3.8, 4) is 11.5 Å². The summed E-state index contributed by atoms with van der Waals surface area (Å²) in [5.41, 5.74) is 6.13. The number of methoxy groups -OCH3 is 2. The Bertz CT molecular complexity index is 1230. The zero-order chi connectivity index (χ0) is 23.4. The highest BCUT2D eigenvalue weighted by molar-refractivity contribution is 6.08. The number of halogens is 1. The first-order valence-electron chi connectivity index (χ1n) is 10.6. The average Bonchev–Trinajstić information content (AvgIpc) is 3.08. The summed E-state index contributed by atoms with van der Waals surface area (Å²) in [5.74, 6) is 0.886. The molecule has 168 valence electrons. The van der Waals surface area contributed by atoms with Gasteiger partial charge in [-0.05, 0) is 82.3 Å². The van der Waals surface area contributed by atoms with Crippen LogP contribution in [0.1, 0.15) is 35.6 Å². The number of nitrogens with one attached hydrogen (secondary N) is 1. The van der Waals surface area contributed by atoms with Gasteiger partial charge in [-0.2, -0.15) is 0 Å². The van der Waals surface area contributed by atoms with Crippen molar-refractivity contribution in [3.63, 3.8) is 0 Å². The summed E-state index contributed by atoms with van der Waals surface area (Å²) in [6, 6.07) is 14.1. The molecule has 0 saturated carbocycles. The van der Waals surface area contributed by atoms with Gasteiger partial charge in [0.25, 0.3) is 0 Å². The van der Waals surface area contributed by atoms with E-state index in [4.69, 9.17) is 9.47 Å². The molecule has 33 heavy (non-hydrogen) atoms. The number of pyridine rings is 1. The zero-order valence-electron chi connectivity index (χ0n) is 18.8. The van der Waals surface area contributed by atoms with E-state index >= 15 is 0 Å². The lowest BCUT2D eigenvalue weighted by Gasteiger charge is -2.08. The molecule has 1 heterocycles. The van der Waals surface area contributed by atoms with Gasteiger partial charge in [-0.3, -0.25) is 9.78 Å². The lowest BCUT2D eigenvalue weighted by atomic mass is 10.0. The van der Waals surface area contributed by atoms with Crippen molar-refractivity contribution >= 4 is 23.1 Å². The lowest BCUT2D eigenvalue weighted by Crippen LogP contribution is -2.22. The molecule has 1 amide bonds. The maximum absolute atomic E-state index is 14.1. The van der Waals surface area contributed by atoms with E-state index < -0.39 is 0 Å². The zero-order valence-corrected chi connectivity index (χ0v) is 18.8. The fraction of sp³-hybridized carbons (Fsp3) is 0.185. The summed E-state index contributed by atoms with van der Waals surface area (Å²) in [6.45, 7) is 2.35. The molecular weight excluding hydrogens is 419 g/mol. The van der Waals surface area contributed by atoms with Crippen LogP contribution in [0.5, 0.6) is 11.5 Å². The van der Waals surface area contributed by atoms with E-state index in [2.05, 4.69) is 10.3 Å². The second-order valence-electron chi connectivity index (χ2n) is 7.81. The summed E-state index contributed by atoms with van der Waals surface area (Å²) in [7, 11) is 3.21. The normalized spacial score (nSPS) is 13.8. The molecule has 1 aromatic heterocycles. The van der Waals surface area contributed by atoms with Gasteiger partial charge in [0.05, 0.1) is 20.6 Å². The Morgan fingerprint density at radius 1 is 1.06 bits per heavy atom. The largest absolute Gasteiger partial charge is 0.497 e. The van der Waals surface area contributed by atoms with Crippen molar-refractivity contribution in [2.75, 3.05) is 14.2 Å². The summed E-state index contributed by atoms with van der Waals surface area (Å²) in [4.78, 5) is 16.8. The van der Waals surface area contributed by atoms with Crippen molar-refractivity contribution in [3.05, 3.63) is 94.6 Å². The molecule has 0 saturated heterocycles. The molecule has 3 aromatic rings. The van der Waals surface area contributed by atoms with Gasteiger partial charge in [0.1, 0.15) is 17.3 Å². The first kappa shape index (κ1) is 22.3. The SMILES string of the molecule is COc1cc(/C=C2/C(C)=C(CC(=O)NCc3cccnc3)c3cc(F)ccc32)cc(OC)c1. The van der Waals surface area contributed by atoms with E-state index in [1.807, 2.05) is 37.3 Å².